The number of carbonyl (C=O) groups is 3. The van der Waals surface area contributed by atoms with E-state index in [2.05, 4.69) is 5.10 Å². The fraction of sp³-hybridized carbons (Fsp3) is 0.100. The lowest BCUT2D eigenvalue weighted by Gasteiger charge is -2.12. The first kappa shape index (κ1) is 21.8. The Labute approximate surface area is 171 Å². The molecule has 0 aliphatic carbocycles. The van der Waals surface area contributed by atoms with E-state index in [1.165, 1.54) is 0 Å². The number of carboxylic acids is 2. The van der Waals surface area contributed by atoms with Crippen molar-refractivity contribution in [1.82, 2.24) is 9.78 Å². The van der Waals surface area contributed by atoms with Crippen molar-refractivity contribution >= 4 is 29.3 Å². The lowest BCUT2D eigenvalue weighted by atomic mass is 9.95. The number of nitrogens with zero attached hydrogens (tertiary/aromatic N) is 2. The molecule has 2 aromatic carbocycles. The molecule has 9 heteroatoms. The summed E-state index contributed by atoms with van der Waals surface area (Å²) in [5, 5.41) is 19.6. The molecule has 0 aliphatic heterocycles. The maximum Gasteiger partial charge on any atom is 0.414 e. The van der Waals surface area contributed by atoms with Crippen LogP contribution in [0.1, 0.15) is 21.5 Å². The fourth-order valence-electron chi connectivity index (χ4n) is 2.64. The number of aliphatic carboxylic acids is 2. The van der Waals surface area contributed by atoms with Crippen molar-refractivity contribution in [1.29, 1.82) is 0 Å². The molecular formula is C20H18ClN3O5. The van der Waals surface area contributed by atoms with Gasteiger partial charge in [-0.25, -0.2) is 9.59 Å². The molecule has 3 rings (SSSR count). The van der Waals surface area contributed by atoms with Gasteiger partial charge in [0.05, 0.1) is 11.9 Å². The molecule has 0 atom stereocenters. The minimum absolute atomic E-state index is 0.0766. The zero-order valence-corrected chi connectivity index (χ0v) is 16.1. The van der Waals surface area contributed by atoms with Crippen LogP contribution in [0.5, 0.6) is 0 Å². The molecule has 0 fully saturated rings. The molecule has 8 nitrogen and oxygen atoms in total. The summed E-state index contributed by atoms with van der Waals surface area (Å²) in [6.07, 6.45) is 1.72. The van der Waals surface area contributed by atoms with Crippen LogP contribution in [0.4, 0.5) is 0 Å². The first-order chi connectivity index (χ1) is 13.8. The summed E-state index contributed by atoms with van der Waals surface area (Å²) in [5.41, 5.74) is 9.47. The van der Waals surface area contributed by atoms with Crippen molar-refractivity contribution in [2.75, 3.05) is 0 Å². The van der Waals surface area contributed by atoms with E-state index in [0.717, 1.165) is 16.8 Å². The lowest BCUT2D eigenvalue weighted by molar-refractivity contribution is -0.159. The molecule has 0 aliphatic rings. The number of carboxylic acid groups (broad SMARTS) is 2. The second kappa shape index (κ2) is 9.63. The van der Waals surface area contributed by atoms with E-state index in [1.54, 1.807) is 35.1 Å². The number of halogens is 1. The number of carbonyl (C=O) groups excluding carboxylic acids is 1. The van der Waals surface area contributed by atoms with Crippen LogP contribution in [0, 0.1) is 0 Å². The van der Waals surface area contributed by atoms with Gasteiger partial charge in [-0.15, -0.1) is 0 Å². The molecule has 0 amide bonds. The lowest BCUT2D eigenvalue weighted by Crippen LogP contribution is -2.09. The zero-order valence-electron chi connectivity index (χ0n) is 15.4. The number of nitrogens with two attached hydrogens (primary N) is 1. The molecule has 4 N–H and O–H groups in total. The Balaban J connectivity index is 0.000000438. The number of aryl methyl sites for hydroxylation is 1. The quantitative estimate of drug-likeness (QED) is 0.440. The maximum atomic E-state index is 12.9. The van der Waals surface area contributed by atoms with Crippen LogP contribution in [0.2, 0.25) is 5.02 Å². The van der Waals surface area contributed by atoms with Gasteiger partial charge < -0.3 is 15.9 Å². The van der Waals surface area contributed by atoms with E-state index in [9.17, 15) is 4.79 Å². The van der Waals surface area contributed by atoms with Gasteiger partial charge >= 0.3 is 11.9 Å². The number of benzene rings is 2. The summed E-state index contributed by atoms with van der Waals surface area (Å²) >= 11 is 6.12. The van der Waals surface area contributed by atoms with Crippen LogP contribution in [0.25, 0.3) is 11.3 Å². The third-order valence-electron chi connectivity index (χ3n) is 3.93. The van der Waals surface area contributed by atoms with Gasteiger partial charge in [0.2, 0.25) is 0 Å². The predicted octanol–water partition coefficient (Wildman–Crippen LogP) is 2.59. The molecule has 29 heavy (non-hydrogen) atoms. The van der Waals surface area contributed by atoms with Crippen LogP contribution in [-0.4, -0.2) is 37.7 Å². The predicted molar refractivity (Wildman–Crippen MR) is 107 cm³/mol. The third-order valence-corrected chi connectivity index (χ3v) is 4.17. The summed E-state index contributed by atoms with van der Waals surface area (Å²) < 4.78 is 1.73. The van der Waals surface area contributed by atoms with E-state index in [1.807, 2.05) is 31.3 Å². The Bertz CT molecular complexity index is 1040. The zero-order chi connectivity index (χ0) is 21.6. The van der Waals surface area contributed by atoms with Crippen molar-refractivity contribution in [3.8, 4) is 11.3 Å². The summed E-state index contributed by atoms with van der Waals surface area (Å²) in [6.45, 7) is 0.352. The number of hydrogen-bond acceptors (Lipinski definition) is 5. The van der Waals surface area contributed by atoms with E-state index < -0.39 is 11.9 Å². The van der Waals surface area contributed by atoms with Gasteiger partial charge in [0.1, 0.15) is 0 Å². The Hall–Kier alpha value is -3.49. The minimum Gasteiger partial charge on any atom is -0.473 e. The fourth-order valence-corrected chi connectivity index (χ4v) is 2.81. The Morgan fingerprint density at radius 1 is 1.07 bits per heavy atom. The monoisotopic (exact) mass is 415 g/mol. The van der Waals surface area contributed by atoms with Gasteiger partial charge in [0, 0.05) is 40.9 Å². The van der Waals surface area contributed by atoms with Crippen LogP contribution >= 0.6 is 11.6 Å². The topological polar surface area (TPSA) is 136 Å². The van der Waals surface area contributed by atoms with Crippen molar-refractivity contribution < 1.29 is 24.6 Å². The number of aromatic nitrogens is 2. The standard InChI is InChI=1S/C18H16ClN3O.C2H2O4/c1-22-17(13(10-20)11-21-22)15-8-7-14(19)9-16(15)18(23)12-5-3-2-4-6-12;3-1(4)2(5)6/h2-9,11H,10,20H2,1H3;(H,3,4)(H,5,6). The minimum atomic E-state index is -1.82. The summed E-state index contributed by atoms with van der Waals surface area (Å²) in [4.78, 5) is 31.1. The molecule has 0 saturated carbocycles. The van der Waals surface area contributed by atoms with Crippen LogP contribution in [0.3, 0.4) is 0 Å². The highest BCUT2D eigenvalue weighted by Crippen LogP contribution is 2.30. The smallest absolute Gasteiger partial charge is 0.414 e. The summed E-state index contributed by atoms with van der Waals surface area (Å²) in [6, 6.07) is 14.4. The van der Waals surface area contributed by atoms with E-state index in [-0.39, 0.29) is 5.78 Å². The molecule has 1 heterocycles. The average molecular weight is 416 g/mol. The number of hydrogen-bond donors (Lipinski definition) is 3. The highest BCUT2D eigenvalue weighted by atomic mass is 35.5. The van der Waals surface area contributed by atoms with Crippen LogP contribution < -0.4 is 5.73 Å². The normalized spacial score (nSPS) is 10.0. The highest BCUT2D eigenvalue weighted by Gasteiger charge is 2.19. The summed E-state index contributed by atoms with van der Waals surface area (Å²) in [5.74, 6) is -3.72. The molecular weight excluding hydrogens is 398 g/mol. The van der Waals surface area contributed by atoms with Crippen LogP contribution in [-0.2, 0) is 23.2 Å². The molecule has 0 spiro atoms. The van der Waals surface area contributed by atoms with Crippen molar-refractivity contribution in [3.05, 3.63) is 76.4 Å². The summed E-state index contributed by atoms with van der Waals surface area (Å²) in [7, 11) is 1.83. The van der Waals surface area contributed by atoms with Gasteiger partial charge in [-0.05, 0) is 12.1 Å². The molecule has 150 valence electrons. The first-order valence-electron chi connectivity index (χ1n) is 8.33. The molecule has 0 bridgehead atoms. The largest absolute Gasteiger partial charge is 0.473 e. The second-order valence-electron chi connectivity index (χ2n) is 5.84. The SMILES string of the molecule is Cn1ncc(CN)c1-c1ccc(Cl)cc1C(=O)c1ccccc1.O=C(O)C(=O)O. The highest BCUT2D eigenvalue weighted by molar-refractivity contribution is 6.31. The van der Waals surface area contributed by atoms with Crippen molar-refractivity contribution in [3.63, 3.8) is 0 Å². The van der Waals surface area contributed by atoms with E-state index in [4.69, 9.17) is 37.1 Å². The van der Waals surface area contributed by atoms with Crippen molar-refractivity contribution in [2.24, 2.45) is 12.8 Å². The Morgan fingerprint density at radius 3 is 2.24 bits per heavy atom. The van der Waals surface area contributed by atoms with Crippen molar-refractivity contribution in [2.45, 2.75) is 6.54 Å². The van der Waals surface area contributed by atoms with Gasteiger partial charge in [-0.3, -0.25) is 9.48 Å². The van der Waals surface area contributed by atoms with Gasteiger partial charge in [-0.1, -0.05) is 48.0 Å². The first-order valence-corrected chi connectivity index (χ1v) is 8.70. The molecule has 1 aromatic heterocycles. The molecule has 0 radical (unpaired) electrons. The number of rotatable bonds is 4. The number of ketones is 1. The van der Waals surface area contributed by atoms with Gasteiger partial charge in [-0.2, -0.15) is 5.10 Å². The molecule has 3 aromatic rings. The Kier molecular flexibility index (Phi) is 7.24. The average Bonchev–Trinajstić information content (AvgIpc) is 3.09. The molecule has 0 saturated heterocycles. The van der Waals surface area contributed by atoms with E-state index in [0.29, 0.717) is 22.7 Å². The third kappa shape index (κ3) is 5.28. The van der Waals surface area contributed by atoms with E-state index >= 15 is 0 Å². The van der Waals surface area contributed by atoms with Gasteiger partial charge in [0.15, 0.2) is 5.78 Å². The van der Waals surface area contributed by atoms with Gasteiger partial charge in [0.25, 0.3) is 0 Å². The second-order valence-corrected chi connectivity index (χ2v) is 6.28. The Morgan fingerprint density at radius 2 is 1.69 bits per heavy atom. The molecule has 0 unspecified atom stereocenters. The van der Waals surface area contributed by atoms with Crippen LogP contribution in [0.15, 0.2) is 54.7 Å². The maximum absolute atomic E-state index is 12.9.